The summed E-state index contributed by atoms with van der Waals surface area (Å²) in [5.74, 6) is 3.00. The van der Waals surface area contributed by atoms with Crippen LogP contribution in [0, 0.1) is 0 Å². The zero-order valence-corrected chi connectivity index (χ0v) is 15.9. The smallest absolute Gasteiger partial charge is 0.222 e. The van der Waals surface area contributed by atoms with E-state index in [9.17, 15) is 0 Å². The fourth-order valence-electron chi connectivity index (χ4n) is 1.12. The molecule has 0 radical (unpaired) electrons. The van der Waals surface area contributed by atoms with Crippen LogP contribution in [0.15, 0.2) is 25.6 Å². The van der Waals surface area contributed by atoms with Gasteiger partial charge in [-0.25, -0.2) is 0 Å². The third-order valence-electron chi connectivity index (χ3n) is 1.75. The quantitative estimate of drug-likeness (QED) is 0.472. The molecule has 1 aromatic rings. The molecule has 0 saturated carbocycles. The minimum Gasteiger partial charge on any atom is -0.446 e. The third kappa shape index (κ3) is 3.43. The molecule has 0 aromatic heterocycles. The summed E-state index contributed by atoms with van der Waals surface area (Å²) >= 11 is 19.5. The summed E-state index contributed by atoms with van der Waals surface area (Å²) in [4.78, 5) is 0. The minimum atomic E-state index is -1.77. The molecule has 1 aliphatic heterocycles. The van der Waals surface area contributed by atoms with Crippen molar-refractivity contribution in [3.05, 3.63) is 25.6 Å². The topological polar surface area (TPSA) is 9.23 Å². The summed E-state index contributed by atoms with van der Waals surface area (Å²) in [6.07, 6.45) is 0. The number of hydrogen-bond donors (Lipinski definition) is 0. The molecular formula is C8H6Br3OPS3. The summed E-state index contributed by atoms with van der Waals surface area (Å²) in [5.41, 5.74) is 0. The lowest BCUT2D eigenvalue weighted by molar-refractivity contribution is 0.629. The molecule has 0 amide bonds. The van der Waals surface area contributed by atoms with E-state index in [2.05, 4.69) is 47.8 Å². The van der Waals surface area contributed by atoms with Crippen LogP contribution in [0.2, 0.25) is 0 Å². The van der Waals surface area contributed by atoms with Gasteiger partial charge in [0.2, 0.25) is 4.67 Å². The van der Waals surface area contributed by atoms with Crippen LogP contribution in [0.1, 0.15) is 0 Å². The highest BCUT2D eigenvalue weighted by Gasteiger charge is 2.28. The normalized spacial score (nSPS) is 18.7. The molecule has 0 spiro atoms. The molecule has 1 saturated heterocycles. The Kier molecular flexibility index (Phi) is 5.20. The molecular weight excluding hydrogens is 479 g/mol. The Morgan fingerprint density at radius 3 is 2.12 bits per heavy atom. The second kappa shape index (κ2) is 5.85. The minimum absolute atomic E-state index is 0.813. The fraction of sp³-hybridized carbons (Fsp3) is 0.250. The highest BCUT2D eigenvalue weighted by molar-refractivity contribution is 9.11. The van der Waals surface area contributed by atoms with Gasteiger partial charge in [0.15, 0.2) is 5.75 Å². The molecule has 0 aliphatic carbocycles. The van der Waals surface area contributed by atoms with E-state index in [0.717, 1.165) is 30.7 Å². The van der Waals surface area contributed by atoms with E-state index < -0.39 is 4.67 Å². The highest BCUT2D eigenvalue weighted by Crippen LogP contribution is 2.74. The van der Waals surface area contributed by atoms with Gasteiger partial charge in [-0.3, -0.25) is 0 Å². The van der Waals surface area contributed by atoms with E-state index in [1.807, 2.05) is 12.1 Å². The van der Waals surface area contributed by atoms with Gasteiger partial charge in [0.05, 0.1) is 8.95 Å². The lowest BCUT2D eigenvalue weighted by Gasteiger charge is -2.17. The Balaban J connectivity index is 2.31. The third-order valence-corrected chi connectivity index (χ3v) is 12.9. The van der Waals surface area contributed by atoms with Crippen LogP contribution >= 0.6 is 75.2 Å². The van der Waals surface area contributed by atoms with Crippen LogP contribution in [-0.2, 0) is 11.8 Å². The van der Waals surface area contributed by atoms with Crippen molar-refractivity contribution in [1.29, 1.82) is 0 Å². The number of halogens is 3. The Morgan fingerprint density at radius 1 is 1.12 bits per heavy atom. The molecule has 16 heavy (non-hydrogen) atoms. The molecule has 1 heterocycles. The lowest BCUT2D eigenvalue weighted by atomic mass is 10.3. The van der Waals surface area contributed by atoms with E-state index in [0.29, 0.717) is 0 Å². The van der Waals surface area contributed by atoms with Gasteiger partial charge in [-0.05, 0) is 55.8 Å². The molecule has 1 nitrogen and oxygen atoms in total. The first-order chi connectivity index (χ1) is 7.50. The Bertz CT molecular complexity index is 435. The van der Waals surface area contributed by atoms with Gasteiger partial charge in [-0.15, -0.1) is 0 Å². The summed E-state index contributed by atoms with van der Waals surface area (Å²) in [6, 6.07) is 3.93. The van der Waals surface area contributed by atoms with Crippen molar-refractivity contribution in [2.24, 2.45) is 0 Å². The van der Waals surface area contributed by atoms with Crippen LogP contribution in [0.25, 0.3) is 0 Å². The zero-order valence-electron chi connectivity index (χ0n) is 7.78. The maximum absolute atomic E-state index is 6.02. The molecule has 1 fully saturated rings. The Morgan fingerprint density at radius 2 is 1.62 bits per heavy atom. The van der Waals surface area contributed by atoms with Crippen molar-refractivity contribution >= 4 is 87.0 Å². The number of hydrogen-bond acceptors (Lipinski definition) is 4. The van der Waals surface area contributed by atoms with Crippen molar-refractivity contribution in [2.75, 3.05) is 11.5 Å². The van der Waals surface area contributed by atoms with Gasteiger partial charge in [0.25, 0.3) is 0 Å². The average molecular weight is 485 g/mol. The maximum Gasteiger partial charge on any atom is 0.222 e. The van der Waals surface area contributed by atoms with E-state index in [-0.39, 0.29) is 0 Å². The largest absolute Gasteiger partial charge is 0.446 e. The molecule has 2 rings (SSSR count). The maximum atomic E-state index is 6.02. The van der Waals surface area contributed by atoms with Crippen molar-refractivity contribution in [3.63, 3.8) is 0 Å². The van der Waals surface area contributed by atoms with E-state index in [4.69, 9.17) is 16.3 Å². The van der Waals surface area contributed by atoms with Gasteiger partial charge in [0.1, 0.15) is 0 Å². The average Bonchev–Trinajstić information content (AvgIpc) is 2.59. The summed E-state index contributed by atoms with van der Waals surface area (Å²) < 4.78 is 7.09. The van der Waals surface area contributed by atoms with Crippen LogP contribution < -0.4 is 4.52 Å². The Hall–Kier alpha value is 1.81. The molecule has 0 N–H and O–H groups in total. The van der Waals surface area contributed by atoms with E-state index >= 15 is 0 Å². The first kappa shape index (κ1) is 14.2. The summed E-state index contributed by atoms with van der Waals surface area (Å²) in [5, 5.41) is 0. The fourth-order valence-corrected chi connectivity index (χ4v) is 12.7. The zero-order chi connectivity index (χ0) is 11.8. The van der Waals surface area contributed by atoms with Crippen LogP contribution in [0.3, 0.4) is 0 Å². The van der Waals surface area contributed by atoms with Gasteiger partial charge < -0.3 is 4.52 Å². The van der Waals surface area contributed by atoms with Crippen molar-refractivity contribution in [1.82, 2.24) is 0 Å². The summed E-state index contributed by atoms with van der Waals surface area (Å²) in [7, 11) is 0. The first-order valence-corrected chi connectivity index (χ1v) is 12.5. The SMILES string of the molecule is S=P1(Oc2c(Br)cc(Br)cc2Br)SCCS1. The van der Waals surface area contributed by atoms with Crippen LogP contribution in [-0.4, -0.2) is 11.5 Å². The van der Waals surface area contributed by atoms with Crippen molar-refractivity contribution < 1.29 is 4.52 Å². The molecule has 88 valence electrons. The molecule has 1 aromatic carbocycles. The molecule has 8 heteroatoms. The van der Waals surface area contributed by atoms with Gasteiger partial charge in [-0.2, -0.15) is 0 Å². The summed E-state index contributed by atoms with van der Waals surface area (Å²) in [6.45, 7) is 0. The lowest BCUT2D eigenvalue weighted by Crippen LogP contribution is -1.87. The van der Waals surface area contributed by atoms with Gasteiger partial charge >= 0.3 is 0 Å². The number of benzene rings is 1. The second-order valence-electron chi connectivity index (χ2n) is 2.90. The monoisotopic (exact) mass is 482 g/mol. The van der Waals surface area contributed by atoms with E-state index in [1.54, 1.807) is 22.8 Å². The molecule has 0 unspecified atom stereocenters. The molecule has 0 atom stereocenters. The van der Waals surface area contributed by atoms with Gasteiger partial charge in [-0.1, -0.05) is 38.7 Å². The first-order valence-electron chi connectivity index (χ1n) is 4.23. The standard InChI is InChI=1S/C8H6Br3OPS3/c9-5-3-6(10)8(7(11)4-5)12-13(14)15-1-2-16-13/h3-4H,1-2H2. The highest BCUT2D eigenvalue weighted by atomic mass is 79.9. The van der Waals surface area contributed by atoms with Gasteiger partial charge in [0, 0.05) is 16.0 Å². The second-order valence-corrected chi connectivity index (χ2v) is 16.2. The van der Waals surface area contributed by atoms with E-state index in [1.165, 1.54) is 0 Å². The predicted octanol–water partition coefficient (Wildman–Crippen LogP) is 6.06. The molecule has 1 aliphatic rings. The molecule has 0 bridgehead atoms. The predicted molar refractivity (Wildman–Crippen MR) is 89.4 cm³/mol. The Labute approximate surface area is 133 Å². The van der Waals surface area contributed by atoms with Crippen molar-refractivity contribution in [3.8, 4) is 5.75 Å². The number of rotatable bonds is 2. The van der Waals surface area contributed by atoms with Crippen LogP contribution in [0.4, 0.5) is 0 Å². The van der Waals surface area contributed by atoms with Crippen LogP contribution in [0.5, 0.6) is 5.75 Å². The van der Waals surface area contributed by atoms with Crippen molar-refractivity contribution in [2.45, 2.75) is 0 Å².